The normalized spacial score (nSPS) is 12.2. The molecular formula is C19H20ClF4NO4S. The number of aliphatic hydroxyl groups is 1. The van der Waals surface area contributed by atoms with Gasteiger partial charge in [-0.25, -0.2) is 12.8 Å². The molecule has 0 spiro atoms. The maximum absolute atomic E-state index is 14.0. The molecule has 166 valence electrons. The van der Waals surface area contributed by atoms with Crippen LogP contribution in [-0.2, 0) is 29.2 Å². The number of rotatable bonds is 9. The Kier molecular flexibility index (Phi) is 8.09. The molecule has 0 saturated heterocycles. The van der Waals surface area contributed by atoms with Gasteiger partial charge in [-0.15, -0.1) is 0 Å². The van der Waals surface area contributed by atoms with Crippen LogP contribution >= 0.6 is 11.6 Å². The summed E-state index contributed by atoms with van der Waals surface area (Å²) in [5, 5.41) is 11.8. The molecule has 2 aromatic carbocycles. The summed E-state index contributed by atoms with van der Waals surface area (Å²) in [6.45, 7) is -0.190. The van der Waals surface area contributed by atoms with E-state index in [1.807, 2.05) is 0 Å². The minimum Gasteiger partial charge on any atom is -0.493 e. The van der Waals surface area contributed by atoms with Crippen LogP contribution < -0.4 is 10.1 Å². The summed E-state index contributed by atoms with van der Waals surface area (Å²) in [4.78, 5) is -0.350. The van der Waals surface area contributed by atoms with Gasteiger partial charge in [0.1, 0.15) is 11.6 Å². The van der Waals surface area contributed by atoms with Crippen molar-refractivity contribution in [3.8, 4) is 5.75 Å². The fraction of sp³-hybridized carbons (Fsp3) is 0.368. The molecule has 0 bridgehead atoms. The molecule has 0 fully saturated rings. The van der Waals surface area contributed by atoms with E-state index in [1.54, 1.807) is 0 Å². The molecule has 30 heavy (non-hydrogen) atoms. The van der Waals surface area contributed by atoms with Crippen molar-refractivity contribution >= 4 is 21.4 Å². The van der Waals surface area contributed by atoms with E-state index >= 15 is 0 Å². The molecule has 0 amide bonds. The van der Waals surface area contributed by atoms with Crippen LogP contribution in [0.25, 0.3) is 0 Å². The fourth-order valence-electron chi connectivity index (χ4n) is 2.70. The summed E-state index contributed by atoms with van der Waals surface area (Å²) in [5.41, 5.74) is -0.932. The van der Waals surface area contributed by atoms with Crippen LogP contribution in [0.3, 0.4) is 0 Å². The van der Waals surface area contributed by atoms with Crippen LogP contribution in [0.1, 0.15) is 23.1 Å². The van der Waals surface area contributed by atoms with Gasteiger partial charge in [-0.3, -0.25) is 0 Å². The van der Waals surface area contributed by atoms with E-state index in [4.69, 9.17) is 16.3 Å². The Morgan fingerprint density at radius 2 is 1.93 bits per heavy atom. The molecule has 0 aliphatic heterocycles. The maximum atomic E-state index is 14.0. The van der Waals surface area contributed by atoms with Crippen molar-refractivity contribution in [2.24, 2.45) is 0 Å². The number of alkyl halides is 3. The highest BCUT2D eigenvalue weighted by Gasteiger charge is 2.33. The molecule has 2 rings (SSSR count). The summed E-state index contributed by atoms with van der Waals surface area (Å²) < 4.78 is 81.4. The van der Waals surface area contributed by atoms with Gasteiger partial charge in [0.05, 0.1) is 28.7 Å². The van der Waals surface area contributed by atoms with E-state index in [-0.39, 0.29) is 34.4 Å². The predicted molar refractivity (Wildman–Crippen MR) is 104 cm³/mol. The van der Waals surface area contributed by atoms with Crippen molar-refractivity contribution in [3.05, 3.63) is 57.9 Å². The van der Waals surface area contributed by atoms with Crippen molar-refractivity contribution in [1.82, 2.24) is 5.32 Å². The Morgan fingerprint density at radius 3 is 2.53 bits per heavy atom. The Balaban J connectivity index is 1.89. The number of halogens is 5. The molecule has 0 aliphatic carbocycles. The van der Waals surface area contributed by atoms with E-state index < -0.39 is 34.0 Å². The topological polar surface area (TPSA) is 75.6 Å². The third-order valence-electron chi connectivity index (χ3n) is 4.15. The summed E-state index contributed by atoms with van der Waals surface area (Å²) in [6, 6.07) is 5.79. The second-order valence-corrected chi connectivity index (χ2v) is 8.83. The molecular weight excluding hydrogens is 450 g/mol. The maximum Gasteiger partial charge on any atom is 0.417 e. The molecule has 0 saturated carbocycles. The molecule has 0 radical (unpaired) electrons. The average molecular weight is 470 g/mol. The van der Waals surface area contributed by atoms with Crippen molar-refractivity contribution < 1.29 is 35.8 Å². The van der Waals surface area contributed by atoms with E-state index in [0.29, 0.717) is 18.5 Å². The molecule has 2 N–H and O–H groups in total. The van der Waals surface area contributed by atoms with Gasteiger partial charge in [-0.1, -0.05) is 23.7 Å². The first-order valence-electron chi connectivity index (χ1n) is 8.76. The second kappa shape index (κ2) is 9.95. The number of hydrogen-bond acceptors (Lipinski definition) is 5. The van der Waals surface area contributed by atoms with E-state index in [1.165, 1.54) is 12.1 Å². The van der Waals surface area contributed by atoms with Crippen LogP contribution in [0.5, 0.6) is 5.75 Å². The minimum atomic E-state index is -4.54. The molecule has 0 atom stereocenters. The van der Waals surface area contributed by atoms with Gasteiger partial charge in [-0.2, -0.15) is 13.2 Å². The minimum absolute atomic E-state index is 0.00829. The number of ether oxygens (including phenoxy) is 1. The number of benzene rings is 2. The van der Waals surface area contributed by atoms with Crippen LogP contribution in [0.15, 0.2) is 35.2 Å². The Labute approximate surface area is 176 Å². The first kappa shape index (κ1) is 24.4. The molecule has 0 unspecified atom stereocenters. The van der Waals surface area contributed by atoms with Gasteiger partial charge in [-0.05, 0) is 30.7 Å². The van der Waals surface area contributed by atoms with E-state index in [9.17, 15) is 31.1 Å². The Morgan fingerprint density at radius 1 is 1.23 bits per heavy atom. The second-order valence-electron chi connectivity index (χ2n) is 6.47. The molecule has 5 nitrogen and oxygen atoms in total. The largest absolute Gasteiger partial charge is 0.493 e. The molecule has 0 heterocycles. The van der Waals surface area contributed by atoms with Crippen LogP contribution in [0.4, 0.5) is 17.6 Å². The molecule has 0 aromatic heterocycles. The van der Waals surface area contributed by atoms with Gasteiger partial charge < -0.3 is 15.2 Å². The lowest BCUT2D eigenvalue weighted by atomic mass is 10.1. The van der Waals surface area contributed by atoms with E-state index in [0.717, 1.165) is 24.5 Å². The zero-order valence-corrected chi connectivity index (χ0v) is 17.5. The Bertz CT molecular complexity index is 997. The zero-order valence-electron chi connectivity index (χ0n) is 15.9. The fourth-order valence-corrected chi connectivity index (χ4v) is 3.94. The lowest BCUT2D eigenvalue weighted by Gasteiger charge is -2.13. The average Bonchev–Trinajstić information content (AvgIpc) is 2.63. The third kappa shape index (κ3) is 6.31. The molecule has 2 aromatic rings. The molecule has 0 aliphatic rings. The van der Waals surface area contributed by atoms with Crippen molar-refractivity contribution in [2.45, 2.75) is 30.6 Å². The summed E-state index contributed by atoms with van der Waals surface area (Å²) >= 11 is 5.82. The standard InChI is InChI=1S/C19H20ClF4NO4S/c1-30(27,28)17-9-13(8-16(21)14(17)11-26)29-7-3-6-25-10-12-4-2-5-15(18(12)20)19(22,23)24/h2,4-5,8-9,25-26H,3,6-7,10-11H2,1H3. The summed E-state index contributed by atoms with van der Waals surface area (Å²) in [5.74, 6) is -0.904. The highest BCUT2D eigenvalue weighted by atomic mass is 35.5. The van der Waals surface area contributed by atoms with Crippen LogP contribution in [0, 0.1) is 5.82 Å². The number of sulfone groups is 1. The van der Waals surface area contributed by atoms with Crippen molar-refractivity contribution in [2.75, 3.05) is 19.4 Å². The van der Waals surface area contributed by atoms with Crippen LogP contribution in [-0.4, -0.2) is 32.9 Å². The number of hydrogen-bond donors (Lipinski definition) is 2. The first-order chi connectivity index (χ1) is 13.9. The number of nitrogens with one attached hydrogen (secondary N) is 1. The summed E-state index contributed by atoms with van der Waals surface area (Å²) in [7, 11) is -3.76. The summed E-state index contributed by atoms with van der Waals surface area (Å²) in [6.07, 6.45) is -3.23. The highest BCUT2D eigenvalue weighted by Crippen LogP contribution is 2.36. The van der Waals surface area contributed by atoms with Crippen molar-refractivity contribution in [1.29, 1.82) is 0 Å². The van der Waals surface area contributed by atoms with Gasteiger partial charge in [0.25, 0.3) is 0 Å². The zero-order chi connectivity index (χ0) is 22.5. The SMILES string of the molecule is CS(=O)(=O)c1cc(OCCCNCc2cccc(C(F)(F)F)c2Cl)cc(F)c1CO. The monoisotopic (exact) mass is 469 g/mol. The van der Waals surface area contributed by atoms with Gasteiger partial charge in [0.2, 0.25) is 0 Å². The quantitative estimate of drug-likeness (QED) is 0.429. The predicted octanol–water partition coefficient (Wildman–Crippen LogP) is 3.95. The first-order valence-corrected chi connectivity index (χ1v) is 11.0. The van der Waals surface area contributed by atoms with E-state index in [2.05, 4.69) is 5.32 Å². The lowest BCUT2D eigenvalue weighted by Crippen LogP contribution is -2.18. The van der Waals surface area contributed by atoms with Gasteiger partial charge >= 0.3 is 6.18 Å². The van der Waals surface area contributed by atoms with Crippen molar-refractivity contribution in [3.63, 3.8) is 0 Å². The van der Waals surface area contributed by atoms with Gasteiger partial charge in [0, 0.05) is 24.4 Å². The van der Waals surface area contributed by atoms with Crippen LogP contribution in [0.2, 0.25) is 5.02 Å². The lowest BCUT2D eigenvalue weighted by molar-refractivity contribution is -0.137. The molecule has 11 heteroatoms. The Hall–Kier alpha value is -1.88. The number of aliphatic hydroxyl groups excluding tert-OH is 1. The smallest absolute Gasteiger partial charge is 0.417 e. The third-order valence-corrected chi connectivity index (χ3v) is 5.76. The highest BCUT2D eigenvalue weighted by molar-refractivity contribution is 7.90. The van der Waals surface area contributed by atoms with Gasteiger partial charge in [0.15, 0.2) is 9.84 Å².